The second-order valence-electron chi connectivity index (χ2n) is 3.66. The minimum atomic E-state index is -4.69. The molecule has 0 aliphatic heterocycles. The Hall–Kier alpha value is -1.01. The fraction of sp³-hybridized carbons (Fsp3) is 0.750. The van der Waals surface area contributed by atoms with E-state index in [2.05, 4.69) is 4.74 Å². The van der Waals surface area contributed by atoms with E-state index in [0.29, 0.717) is 0 Å². The summed E-state index contributed by atoms with van der Waals surface area (Å²) in [6, 6.07) is 1.78. The zero-order chi connectivity index (χ0) is 15.8. The number of carbonyl (C=O) groups is 1. The molecule has 0 saturated carbocycles. The molecule has 0 N–H and O–H groups in total. The van der Waals surface area contributed by atoms with Crippen molar-refractivity contribution < 1.29 is 27.4 Å². The first-order chi connectivity index (χ1) is 9.20. The molecule has 0 aromatic carbocycles. The monoisotopic (exact) mass is 345 g/mol. The summed E-state index contributed by atoms with van der Waals surface area (Å²) in [5, 5.41) is 7.88. The molecule has 0 fully saturated rings. The molecule has 0 bridgehead atoms. The first-order valence-electron chi connectivity index (χ1n) is 5.65. The maximum absolute atomic E-state index is 12.7. The lowest BCUT2D eigenvalue weighted by molar-refractivity contribution is -0.221. The van der Waals surface area contributed by atoms with Gasteiger partial charge in [-0.25, -0.2) is 0 Å². The Kier molecular flexibility index (Phi) is 11.3. The lowest BCUT2D eigenvalue weighted by Gasteiger charge is -2.23. The van der Waals surface area contributed by atoms with Gasteiger partial charge < -0.3 is 9.47 Å². The van der Waals surface area contributed by atoms with Crippen molar-refractivity contribution in [1.82, 2.24) is 0 Å². The van der Waals surface area contributed by atoms with Crippen molar-refractivity contribution in [1.29, 1.82) is 5.26 Å². The van der Waals surface area contributed by atoms with Crippen LogP contribution in [0.25, 0.3) is 0 Å². The molecule has 0 saturated heterocycles. The molecule has 0 rings (SSSR count). The average molecular weight is 345 g/mol. The largest absolute Gasteiger partial charge is 0.479 e. The number of ether oxygens (including phenoxy) is 2. The molecule has 9 heteroatoms. The van der Waals surface area contributed by atoms with Crippen LogP contribution in [0.4, 0.5) is 13.2 Å². The van der Waals surface area contributed by atoms with E-state index < -0.39 is 29.9 Å². The SMILES string of the molecule is C.CCOC(=S)SC(CC#N)CC(OC(C)=O)C(F)(F)F. The van der Waals surface area contributed by atoms with Gasteiger partial charge in [-0.05, 0) is 19.1 Å². The zero-order valence-corrected chi connectivity index (χ0v) is 12.5. The predicted molar refractivity (Wildman–Crippen MR) is 78.8 cm³/mol. The third-order valence-corrected chi connectivity index (χ3v) is 3.40. The van der Waals surface area contributed by atoms with Crippen molar-refractivity contribution in [3.05, 3.63) is 0 Å². The lowest BCUT2D eigenvalue weighted by atomic mass is 10.1. The molecule has 2 atom stereocenters. The lowest BCUT2D eigenvalue weighted by Crippen LogP contribution is -2.36. The maximum Gasteiger partial charge on any atom is 0.425 e. The molecule has 0 aliphatic rings. The summed E-state index contributed by atoms with van der Waals surface area (Å²) in [5.74, 6) is -1.03. The van der Waals surface area contributed by atoms with Crippen molar-refractivity contribution in [2.45, 2.75) is 51.6 Å². The van der Waals surface area contributed by atoms with E-state index >= 15 is 0 Å². The van der Waals surface area contributed by atoms with Gasteiger partial charge in [-0.1, -0.05) is 19.2 Å². The molecule has 0 aromatic heterocycles. The van der Waals surface area contributed by atoms with Gasteiger partial charge in [0.25, 0.3) is 0 Å². The summed E-state index contributed by atoms with van der Waals surface area (Å²) >= 11 is 5.68. The van der Waals surface area contributed by atoms with Gasteiger partial charge in [-0.15, -0.1) is 0 Å². The summed E-state index contributed by atoms with van der Waals surface area (Å²) in [4.78, 5) is 10.7. The number of nitriles is 1. The fourth-order valence-corrected chi connectivity index (χ4v) is 2.66. The van der Waals surface area contributed by atoms with E-state index in [9.17, 15) is 18.0 Å². The zero-order valence-electron chi connectivity index (χ0n) is 10.9. The highest BCUT2D eigenvalue weighted by atomic mass is 32.2. The number of rotatable bonds is 6. The molecule has 0 aromatic rings. The van der Waals surface area contributed by atoms with Gasteiger partial charge in [0.05, 0.1) is 12.7 Å². The summed E-state index contributed by atoms with van der Waals surface area (Å²) in [7, 11) is 0. The number of alkyl halides is 3. The van der Waals surface area contributed by atoms with E-state index in [0.717, 1.165) is 18.7 Å². The van der Waals surface area contributed by atoms with Crippen LogP contribution < -0.4 is 0 Å². The quantitative estimate of drug-likeness (QED) is 0.538. The van der Waals surface area contributed by atoms with E-state index in [1.54, 1.807) is 13.0 Å². The number of halogens is 3. The Morgan fingerprint density at radius 2 is 2.05 bits per heavy atom. The number of thioether (sulfide) groups is 1. The van der Waals surface area contributed by atoms with E-state index in [1.807, 2.05) is 0 Å². The average Bonchev–Trinajstić information content (AvgIpc) is 2.26. The number of carbonyl (C=O) groups excluding carboxylic acids is 1. The Bertz CT molecular complexity index is 383. The van der Waals surface area contributed by atoms with E-state index in [4.69, 9.17) is 22.2 Å². The van der Waals surface area contributed by atoms with Gasteiger partial charge in [0.15, 0.2) is 6.10 Å². The summed E-state index contributed by atoms with van der Waals surface area (Å²) in [6.07, 6.45) is -7.65. The number of thiocarbonyl (C=S) groups is 1. The number of hydrogen-bond donors (Lipinski definition) is 0. The molecule has 0 spiro atoms. The summed E-state index contributed by atoms with van der Waals surface area (Å²) in [6.45, 7) is 2.87. The second kappa shape index (κ2) is 10.7. The fourth-order valence-electron chi connectivity index (χ4n) is 1.25. The van der Waals surface area contributed by atoms with Gasteiger partial charge in [0.2, 0.25) is 4.38 Å². The summed E-state index contributed by atoms with van der Waals surface area (Å²) in [5.41, 5.74) is 0. The van der Waals surface area contributed by atoms with Gasteiger partial charge in [0, 0.05) is 25.0 Å². The van der Waals surface area contributed by atoms with Gasteiger partial charge in [-0.2, -0.15) is 18.4 Å². The molecule has 0 amide bonds. The minimum absolute atomic E-state index is 0. The Balaban J connectivity index is 0. The van der Waals surface area contributed by atoms with Gasteiger partial charge in [-0.3, -0.25) is 4.79 Å². The van der Waals surface area contributed by atoms with Crippen molar-refractivity contribution in [3.63, 3.8) is 0 Å². The molecule has 0 aliphatic carbocycles. The smallest absolute Gasteiger partial charge is 0.425 e. The predicted octanol–water partition coefficient (Wildman–Crippen LogP) is 3.84. The van der Waals surface area contributed by atoms with Crippen LogP contribution in [-0.2, 0) is 14.3 Å². The van der Waals surface area contributed by atoms with Crippen molar-refractivity contribution in [2.75, 3.05) is 6.61 Å². The van der Waals surface area contributed by atoms with Crippen LogP contribution in [0, 0.1) is 11.3 Å². The Morgan fingerprint density at radius 3 is 2.43 bits per heavy atom. The van der Waals surface area contributed by atoms with Crippen molar-refractivity contribution in [2.24, 2.45) is 0 Å². The molecular weight excluding hydrogens is 327 g/mol. The van der Waals surface area contributed by atoms with Crippen LogP contribution in [-0.4, -0.2) is 34.5 Å². The molecule has 21 heavy (non-hydrogen) atoms. The Morgan fingerprint density at radius 1 is 1.48 bits per heavy atom. The van der Waals surface area contributed by atoms with Crippen molar-refractivity contribution in [3.8, 4) is 6.07 Å². The highest BCUT2D eigenvalue weighted by Crippen LogP contribution is 2.31. The highest BCUT2D eigenvalue weighted by Gasteiger charge is 2.43. The third kappa shape index (κ3) is 10.4. The van der Waals surface area contributed by atoms with E-state index in [1.165, 1.54) is 0 Å². The van der Waals surface area contributed by atoms with Crippen LogP contribution in [0.2, 0.25) is 0 Å². The topological polar surface area (TPSA) is 59.3 Å². The standard InChI is InChI=1S/C11H14F3NO3S2.CH4/c1-3-17-10(19)20-8(4-5-15)6-9(11(12,13)14)18-7(2)16;/h8-9H,3-4,6H2,1-2H3;1H4. The van der Waals surface area contributed by atoms with Crippen LogP contribution in [0.15, 0.2) is 0 Å². The van der Waals surface area contributed by atoms with Crippen LogP contribution in [0.5, 0.6) is 0 Å². The molecular formula is C12H18F3NO3S2. The second-order valence-corrected chi connectivity index (χ2v) is 5.56. The first-order valence-corrected chi connectivity index (χ1v) is 6.93. The minimum Gasteiger partial charge on any atom is -0.479 e. The summed E-state index contributed by atoms with van der Waals surface area (Å²) < 4.78 is 47.5. The maximum atomic E-state index is 12.7. The highest BCUT2D eigenvalue weighted by molar-refractivity contribution is 8.23. The van der Waals surface area contributed by atoms with Gasteiger partial charge >= 0.3 is 12.1 Å². The normalized spacial score (nSPS) is 13.3. The number of esters is 1. The van der Waals surface area contributed by atoms with Gasteiger partial charge in [0.1, 0.15) is 0 Å². The molecule has 4 nitrogen and oxygen atoms in total. The molecule has 0 heterocycles. The molecule has 2 unspecified atom stereocenters. The number of nitrogens with zero attached hydrogens (tertiary/aromatic N) is 1. The third-order valence-electron chi connectivity index (χ3n) is 1.99. The number of hydrogen-bond acceptors (Lipinski definition) is 6. The molecule has 122 valence electrons. The van der Waals surface area contributed by atoms with Crippen molar-refractivity contribution >= 4 is 34.3 Å². The van der Waals surface area contributed by atoms with Crippen LogP contribution in [0.1, 0.15) is 34.1 Å². The van der Waals surface area contributed by atoms with E-state index in [-0.39, 0.29) is 24.8 Å². The van der Waals surface area contributed by atoms with Crippen LogP contribution in [0.3, 0.4) is 0 Å². The Labute approximate surface area is 132 Å². The first kappa shape index (κ1) is 22.3. The molecule has 0 radical (unpaired) electrons. The van der Waals surface area contributed by atoms with Crippen LogP contribution >= 0.6 is 24.0 Å².